The standard InChI is InChI=1S/C12H17NO4S/c1-12(2)11(14)10(13)8-6-7(18(3,15)16)4-5-9(8)17-12/h4-6,10-11,14H,13H2,1-3H3/t10-,11+/m0/s1. The van der Waals surface area contributed by atoms with Crippen molar-refractivity contribution in [3.8, 4) is 5.75 Å². The zero-order valence-corrected chi connectivity index (χ0v) is 11.4. The van der Waals surface area contributed by atoms with Gasteiger partial charge in [0.2, 0.25) is 0 Å². The number of aliphatic hydroxyl groups excluding tert-OH is 1. The zero-order chi connectivity index (χ0) is 13.7. The lowest BCUT2D eigenvalue weighted by atomic mass is 9.87. The Morgan fingerprint density at radius 2 is 2.00 bits per heavy atom. The smallest absolute Gasteiger partial charge is 0.175 e. The molecule has 0 amide bonds. The molecule has 0 saturated carbocycles. The number of benzene rings is 1. The van der Waals surface area contributed by atoms with E-state index in [1.807, 2.05) is 0 Å². The van der Waals surface area contributed by atoms with E-state index in [9.17, 15) is 13.5 Å². The van der Waals surface area contributed by atoms with Gasteiger partial charge in [-0.2, -0.15) is 0 Å². The van der Waals surface area contributed by atoms with Crippen LogP contribution < -0.4 is 10.5 Å². The molecule has 0 aromatic heterocycles. The summed E-state index contributed by atoms with van der Waals surface area (Å²) in [6, 6.07) is 3.87. The van der Waals surface area contributed by atoms with Crippen molar-refractivity contribution in [1.82, 2.24) is 0 Å². The van der Waals surface area contributed by atoms with Gasteiger partial charge in [0.05, 0.1) is 10.9 Å². The SMILES string of the molecule is CC1(C)Oc2ccc(S(C)(=O)=O)cc2[C@H](N)[C@H]1O. The summed E-state index contributed by atoms with van der Waals surface area (Å²) in [6.07, 6.45) is 0.240. The number of hydrogen-bond donors (Lipinski definition) is 2. The van der Waals surface area contributed by atoms with Crippen LogP contribution >= 0.6 is 0 Å². The molecule has 100 valence electrons. The van der Waals surface area contributed by atoms with Crippen molar-refractivity contribution in [3.05, 3.63) is 23.8 Å². The molecule has 0 unspecified atom stereocenters. The molecule has 18 heavy (non-hydrogen) atoms. The Labute approximate surface area is 106 Å². The third kappa shape index (κ3) is 2.11. The number of sulfone groups is 1. The molecule has 0 bridgehead atoms. The lowest BCUT2D eigenvalue weighted by Gasteiger charge is -2.40. The molecule has 5 nitrogen and oxygen atoms in total. The molecule has 1 aliphatic heterocycles. The van der Waals surface area contributed by atoms with Crippen molar-refractivity contribution in [1.29, 1.82) is 0 Å². The lowest BCUT2D eigenvalue weighted by Crippen LogP contribution is -2.51. The average molecular weight is 271 g/mol. The van der Waals surface area contributed by atoms with Gasteiger partial charge in [-0.3, -0.25) is 0 Å². The molecule has 2 rings (SSSR count). The summed E-state index contributed by atoms with van der Waals surface area (Å²) in [7, 11) is -3.30. The maximum Gasteiger partial charge on any atom is 0.175 e. The van der Waals surface area contributed by atoms with E-state index in [0.717, 1.165) is 6.26 Å². The minimum atomic E-state index is -3.30. The number of nitrogens with two attached hydrogens (primary N) is 1. The Balaban J connectivity index is 2.56. The Bertz CT molecular complexity index is 580. The van der Waals surface area contributed by atoms with Crippen LogP contribution in [0.3, 0.4) is 0 Å². The summed E-state index contributed by atoms with van der Waals surface area (Å²) in [4.78, 5) is 0.173. The van der Waals surface area contributed by atoms with Crippen LogP contribution in [-0.2, 0) is 9.84 Å². The Kier molecular flexibility index (Phi) is 2.92. The minimum Gasteiger partial charge on any atom is -0.485 e. The molecular formula is C12H17NO4S. The third-order valence-corrected chi connectivity index (χ3v) is 4.30. The van der Waals surface area contributed by atoms with Crippen LogP contribution in [0.2, 0.25) is 0 Å². The van der Waals surface area contributed by atoms with Gasteiger partial charge in [-0.15, -0.1) is 0 Å². The fourth-order valence-corrected chi connectivity index (χ4v) is 2.71. The summed E-state index contributed by atoms with van der Waals surface area (Å²) in [5.41, 5.74) is 5.68. The van der Waals surface area contributed by atoms with E-state index < -0.39 is 27.6 Å². The quantitative estimate of drug-likeness (QED) is 0.781. The van der Waals surface area contributed by atoms with E-state index in [1.54, 1.807) is 19.9 Å². The number of ether oxygens (including phenoxy) is 1. The molecule has 1 heterocycles. The predicted molar refractivity (Wildman–Crippen MR) is 67.2 cm³/mol. The van der Waals surface area contributed by atoms with E-state index in [4.69, 9.17) is 10.5 Å². The van der Waals surface area contributed by atoms with Crippen LogP contribution in [0.25, 0.3) is 0 Å². The van der Waals surface area contributed by atoms with Gasteiger partial charge < -0.3 is 15.6 Å². The first kappa shape index (κ1) is 13.3. The molecule has 3 N–H and O–H groups in total. The van der Waals surface area contributed by atoms with E-state index in [2.05, 4.69) is 0 Å². The summed E-state index contributed by atoms with van der Waals surface area (Å²) in [6.45, 7) is 3.48. The Hall–Kier alpha value is -1.11. The highest BCUT2D eigenvalue weighted by Gasteiger charge is 2.41. The number of aliphatic hydroxyl groups is 1. The first-order valence-corrected chi connectivity index (χ1v) is 7.49. The largest absolute Gasteiger partial charge is 0.485 e. The average Bonchev–Trinajstić information content (AvgIpc) is 2.24. The fourth-order valence-electron chi connectivity index (χ4n) is 2.06. The second-order valence-electron chi connectivity index (χ2n) is 5.15. The molecule has 2 atom stereocenters. The summed E-state index contributed by atoms with van der Waals surface area (Å²) < 4.78 is 28.6. The molecule has 0 fully saturated rings. The number of fused-ring (bicyclic) bond motifs is 1. The highest BCUT2D eigenvalue weighted by molar-refractivity contribution is 7.90. The molecule has 0 aliphatic carbocycles. The van der Waals surface area contributed by atoms with Crippen LogP contribution in [0.4, 0.5) is 0 Å². The molecule has 6 heteroatoms. The van der Waals surface area contributed by atoms with Crippen molar-refractivity contribution in [2.45, 2.75) is 36.5 Å². The van der Waals surface area contributed by atoms with Gasteiger partial charge in [-0.1, -0.05) is 0 Å². The highest BCUT2D eigenvalue weighted by atomic mass is 32.2. The second kappa shape index (κ2) is 3.94. The molecule has 0 saturated heterocycles. The first-order valence-electron chi connectivity index (χ1n) is 5.59. The van der Waals surface area contributed by atoms with Crippen molar-refractivity contribution < 1.29 is 18.3 Å². The fraction of sp³-hybridized carbons (Fsp3) is 0.500. The summed E-state index contributed by atoms with van der Waals surface area (Å²) in [5.74, 6) is 0.519. The molecule has 0 radical (unpaired) electrons. The maximum atomic E-state index is 11.5. The van der Waals surface area contributed by atoms with Gasteiger partial charge in [0.25, 0.3) is 0 Å². The van der Waals surface area contributed by atoms with E-state index in [0.29, 0.717) is 11.3 Å². The Morgan fingerprint density at radius 3 is 2.56 bits per heavy atom. The van der Waals surface area contributed by atoms with Crippen molar-refractivity contribution in [3.63, 3.8) is 0 Å². The molecule has 1 aromatic rings. The number of hydrogen-bond acceptors (Lipinski definition) is 5. The predicted octanol–water partition coefficient (Wildman–Crippen LogP) is 0.622. The Morgan fingerprint density at radius 1 is 1.39 bits per heavy atom. The normalized spacial score (nSPS) is 26.3. The molecule has 1 aromatic carbocycles. The minimum absolute atomic E-state index is 0.173. The van der Waals surface area contributed by atoms with Gasteiger partial charge in [-0.25, -0.2) is 8.42 Å². The van der Waals surface area contributed by atoms with Crippen molar-refractivity contribution in [2.24, 2.45) is 5.73 Å². The van der Waals surface area contributed by atoms with Crippen LogP contribution in [0, 0.1) is 0 Å². The van der Waals surface area contributed by atoms with Gasteiger partial charge in [0.15, 0.2) is 9.84 Å². The molecule has 1 aliphatic rings. The van der Waals surface area contributed by atoms with Gasteiger partial charge in [0, 0.05) is 11.8 Å². The third-order valence-electron chi connectivity index (χ3n) is 3.19. The summed E-state index contributed by atoms with van der Waals surface area (Å²) >= 11 is 0. The topological polar surface area (TPSA) is 89.6 Å². The van der Waals surface area contributed by atoms with Crippen LogP contribution in [0.15, 0.2) is 23.1 Å². The van der Waals surface area contributed by atoms with Crippen LogP contribution in [0.5, 0.6) is 5.75 Å². The van der Waals surface area contributed by atoms with Crippen LogP contribution in [-0.4, -0.2) is 31.5 Å². The first-order chi connectivity index (χ1) is 8.13. The highest BCUT2D eigenvalue weighted by Crippen LogP contribution is 2.39. The van der Waals surface area contributed by atoms with Crippen molar-refractivity contribution in [2.75, 3.05) is 6.26 Å². The van der Waals surface area contributed by atoms with Crippen LogP contribution in [0.1, 0.15) is 25.5 Å². The number of rotatable bonds is 1. The zero-order valence-electron chi connectivity index (χ0n) is 10.5. The summed E-state index contributed by atoms with van der Waals surface area (Å²) in [5, 5.41) is 10.0. The van der Waals surface area contributed by atoms with E-state index in [-0.39, 0.29) is 4.90 Å². The maximum absolute atomic E-state index is 11.5. The molecule has 0 spiro atoms. The van der Waals surface area contributed by atoms with Gasteiger partial charge in [-0.05, 0) is 32.0 Å². The van der Waals surface area contributed by atoms with E-state index >= 15 is 0 Å². The van der Waals surface area contributed by atoms with Gasteiger partial charge >= 0.3 is 0 Å². The second-order valence-corrected chi connectivity index (χ2v) is 7.16. The molecular weight excluding hydrogens is 254 g/mol. The monoisotopic (exact) mass is 271 g/mol. The van der Waals surface area contributed by atoms with E-state index in [1.165, 1.54) is 12.1 Å². The lowest BCUT2D eigenvalue weighted by molar-refractivity contribution is -0.0572. The van der Waals surface area contributed by atoms with Gasteiger partial charge in [0.1, 0.15) is 17.5 Å². The van der Waals surface area contributed by atoms with Crippen molar-refractivity contribution >= 4 is 9.84 Å².